The molecule has 1 unspecified atom stereocenters. The summed E-state index contributed by atoms with van der Waals surface area (Å²) in [6.07, 6.45) is 2.24. The molecule has 14 heavy (non-hydrogen) atoms. The maximum absolute atomic E-state index is 11.5. The molecule has 1 rings (SSSR count). The van der Waals surface area contributed by atoms with Crippen molar-refractivity contribution in [1.82, 2.24) is 10.5 Å². The highest BCUT2D eigenvalue weighted by atomic mass is 16.5. The molecule has 0 aliphatic rings. The first-order valence-electron chi connectivity index (χ1n) is 4.60. The quantitative estimate of drug-likeness (QED) is 0.734. The van der Waals surface area contributed by atoms with E-state index in [-0.39, 0.29) is 11.9 Å². The molecule has 1 heterocycles. The highest BCUT2D eigenvalue weighted by Crippen LogP contribution is 2.04. The lowest BCUT2D eigenvalue weighted by Gasteiger charge is -2.09. The van der Waals surface area contributed by atoms with Crippen LogP contribution in [0.25, 0.3) is 0 Å². The lowest BCUT2D eigenvalue weighted by molar-refractivity contribution is 0.0949. The Bertz CT molecular complexity index is 309. The second-order valence-corrected chi connectivity index (χ2v) is 3.17. The number of hydrogen-bond acceptors (Lipinski definition) is 4. The molecule has 0 saturated carbocycles. The van der Waals surface area contributed by atoms with Gasteiger partial charge in [-0.05, 0) is 13.3 Å². The molecule has 0 aliphatic carbocycles. The van der Waals surface area contributed by atoms with Gasteiger partial charge >= 0.3 is 0 Å². The summed E-state index contributed by atoms with van der Waals surface area (Å²) < 4.78 is 4.78. The predicted octanol–water partition coefficient (Wildman–Crippen LogP) is 0.450. The summed E-state index contributed by atoms with van der Waals surface area (Å²) in [5.41, 5.74) is 6.12. The summed E-state index contributed by atoms with van der Waals surface area (Å²) in [6.45, 7) is 4.14. The van der Waals surface area contributed by atoms with Crippen LogP contribution in [0.2, 0.25) is 0 Å². The maximum Gasteiger partial charge on any atom is 0.256 e. The van der Waals surface area contributed by atoms with E-state index >= 15 is 0 Å². The molecule has 3 N–H and O–H groups in total. The Morgan fingerprint density at radius 3 is 3.00 bits per heavy atom. The number of amides is 1. The van der Waals surface area contributed by atoms with E-state index in [4.69, 9.17) is 10.3 Å². The largest absolute Gasteiger partial charge is 0.361 e. The number of rotatable bonds is 4. The average Bonchev–Trinajstić information content (AvgIpc) is 2.60. The van der Waals surface area contributed by atoms with Crippen LogP contribution < -0.4 is 11.1 Å². The molecule has 1 atom stereocenters. The SMILES string of the molecule is CCC(N)CNC(=O)c1cnoc1C. The van der Waals surface area contributed by atoms with Gasteiger partial charge in [0, 0.05) is 12.6 Å². The first-order chi connectivity index (χ1) is 6.65. The second-order valence-electron chi connectivity index (χ2n) is 3.17. The van der Waals surface area contributed by atoms with Gasteiger partial charge in [-0.3, -0.25) is 4.79 Å². The van der Waals surface area contributed by atoms with Gasteiger partial charge in [0.1, 0.15) is 11.3 Å². The number of nitrogens with two attached hydrogens (primary N) is 1. The number of aryl methyl sites for hydroxylation is 1. The van der Waals surface area contributed by atoms with Gasteiger partial charge in [0.15, 0.2) is 0 Å². The predicted molar refractivity (Wildman–Crippen MR) is 51.8 cm³/mol. The smallest absolute Gasteiger partial charge is 0.256 e. The highest BCUT2D eigenvalue weighted by Gasteiger charge is 2.12. The van der Waals surface area contributed by atoms with E-state index in [2.05, 4.69) is 10.5 Å². The maximum atomic E-state index is 11.5. The molecule has 78 valence electrons. The fourth-order valence-corrected chi connectivity index (χ4v) is 0.980. The van der Waals surface area contributed by atoms with Crippen molar-refractivity contribution in [3.8, 4) is 0 Å². The average molecular weight is 197 g/mol. The second kappa shape index (κ2) is 4.76. The van der Waals surface area contributed by atoms with E-state index in [1.54, 1.807) is 6.92 Å². The van der Waals surface area contributed by atoms with Gasteiger partial charge in [0.05, 0.1) is 6.20 Å². The topological polar surface area (TPSA) is 81.1 Å². The Labute approximate surface area is 82.6 Å². The van der Waals surface area contributed by atoms with Gasteiger partial charge in [0.25, 0.3) is 5.91 Å². The number of nitrogens with zero attached hydrogens (tertiary/aromatic N) is 1. The standard InChI is InChI=1S/C9H15N3O2/c1-3-7(10)4-11-9(13)8-5-12-14-6(8)2/h5,7H,3-4,10H2,1-2H3,(H,11,13). The number of nitrogens with one attached hydrogen (secondary N) is 1. The van der Waals surface area contributed by atoms with Crippen molar-refractivity contribution < 1.29 is 9.32 Å². The van der Waals surface area contributed by atoms with E-state index in [0.29, 0.717) is 17.9 Å². The molecule has 1 amide bonds. The summed E-state index contributed by atoms with van der Waals surface area (Å²) in [4.78, 5) is 11.5. The van der Waals surface area contributed by atoms with Gasteiger partial charge in [-0.25, -0.2) is 0 Å². The first-order valence-corrected chi connectivity index (χ1v) is 4.60. The Balaban J connectivity index is 2.47. The normalized spacial score (nSPS) is 12.5. The van der Waals surface area contributed by atoms with Gasteiger partial charge < -0.3 is 15.6 Å². The van der Waals surface area contributed by atoms with E-state index in [1.165, 1.54) is 6.20 Å². The van der Waals surface area contributed by atoms with Gasteiger partial charge in [-0.2, -0.15) is 0 Å². The van der Waals surface area contributed by atoms with Crippen molar-refractivity contribution in [2.24, 2.45) is 5.73 Å². The van der Waals surface area contributed by atoms with Crippen molar-refractivity contribution >= 4 is 5.91 Å². The van der Waals surface area contributed by atoms with Crippen molar-refractivity contribution in [1.29, 1.82) is 0 Å². The molecule has 0 aliphatic heterocycles. The lowest BCUT2D eigenvalue weighted by Crippen LogP contribution is -2.36. The zero-order valence-electron chi connectivity index (χ0n) is 8.41. The minimum absolute atomic E-state index is 0.000818. The van der Waals surface area contributed by atoms with Crippen LogP contribution >= 0.6 is 0 Å². The monoisotopic (exact) mass is 197 g/mol. The van der Waals surface area contributed by atoms with Crippen molar-refractivity contribution in [2.45, 2.75) is 26.3 Å². The number of aromatic nitrogens is 1. The van der Waals surface area contributed by atoms with Gasteiger partial charge in [0.2, 0.25) is 0 Å². The fourth-order valence-electron chi connectivity index (χ4n) is 0.980. The Hall–Kier alpha value is -1.36. The molecule has 0 spiro atoms. The van der Waals surface area contributed by atoms with Crippen molar-refractivity contribution in [2.75, 3.05) is 6.54 Å². The number of carbonyl (C=O) groups excluding carboxylic acids is 1. The van der Waals surface area contributed by atoms with E-state index in [0.717, 1.165) is 6.42 Å². The zero-order valence-corrected chi connectivity index (χ0v) is 8.41. The zero-order chi connectivity index (χ0) is 10.6. The third kappa shape index (κ3) is 2.56. The van der Waals surface area contributed by atoms with Crippen molar-refractivity contribution in [3.63, 3.8) is 0 Å². The van der Waals surface area contributed by atoms with Crippen molar-refractivity contribution in [3.05, 3.63) is 17.5 Å². The van der Waals surface area contributed by atoms with Crippen LogP contribution in [0.4, 0.5) is 0 Å². The molecule has 5 heteroatoms. The molecule has 0 fully saturated rings. The summed E-state index contributed by atoms with van der Waals surface area (Å²) in [7, 11) is 0. The third-order valence-electron chi connectivity index (χ3n) is 2.04. The summed E-state index contributed by atoms with van der Waals surface area (Å²) in [5, 5.41) is 6.24. The Kier molecular flexibility index (Phi) is 3.64. The van der Waals surface area contributed by atoms with E-state index in [9.17, 15) is 4.79 Å². The van der Waals surface area contributed by atoms with Gasteiger partial charge in [-0.15, -0.1) is 0 Å². The molecule has 5 nitrogen and oxygen atoms in total. The molecule has 1 aromatic rings. The molecule has 1 aromatic heterocycles. The van der Waals surface area contributed by atoms with E-state index in [1.807, 2.05) is 6.92 Å². The minimum Gasteiger partial charge on any atom is -0.361 e. The molecule has 0 bridgehead atoms. The molecule has 0 radical (unpaired) electrons. The van der Waals surface area contributed by atoms with E-state index < -0.39 is 0 Å². The highest BCUT2D eigenvalue weighted by molar-refractivity contribution is 5.94. The first kappa shape index (κ1) is 10.7. The molecular weight excluding hydrogens is 182 g/mol. The summed E-state index contributed by atoms with van der Waals surface area (Å²) in [6, 6.07) is -0.000818. The number of hydrogen-bond donors (Lipinski definition) is 2. The van der Waals surface area contributed by atoms with Crippen LogP contribution in [0.1, 0.15) is 29.5 Å². The van der Waals surface area contributed by atoms with Crippen LogP contribution in [-0.4, -0.2) is 23.7 Å². The van der Waals surface area contributed by atoms with Crippen LogP contribution in [0.5, 0.6) is 0 Å². The summed E-state index contributed by atoms with van der Waals surface area (Å²) in [5.74, 6) is 0.334. The van der Waals surface area contributed by atoms with Crippen LogP contribution in [0.3, 0.4) is 0 Å². The molecular formula is C9H15N3O2. The van der Waals surface area contributed by atoms with Crippen LogP contribution in [0, 0.1) is 6.92 Å². The van der Waals surface area contributed by atoms with Crippen LogP contribution in [-0.2, 0) is 0 Å². The molecule has 0 saturated heterocycles. The summed E-state index contributed by atoms with van der Waals surface area (Å²) >= 11 is 0. The van der Waals surface area contributed by atoms with Gasteiger partial charge in [-0.1, -0.05) is 12.1 Å². The lowest BCUT2D eigenvalue weighted by atomic mass is 10.2. The Morgan fingerprint density at radius 2 is 2.50 bits per heavy atom. The third-order valence-corrected chi connectivity index (χ3v) is 2.04. The Morgan fingerprint density at radius 1 is 1.79 bits per heavy atom. The fraction of sp³-hybridized carbons (Fsp3) is 0.556. The van der Waals surface area contributed by atoms with Crippen LogP contribution in [0.15, 0.2) is 10.7 Å². The minimum atomic E-state index is -0.187. The molecule has 0 aromatic carbocycles. The number of carbonyl (C=O) groups is 1.